The highest BCUT2D eigenvalue weighted by atomic mass is 35.5. The van der Waals surface area contributed by atoms with Crippen molar-refractivity contribution in [2.75, 3.05) is 0 Å². The van der Waals surface area contributed by atoms with Crippen LogP contribution in [0.3, 0.4) is 0 Å². The summed E-state index contributed by atoms with van der Waals surface area (Å²) in [5.41, 5.74) is 0. The number of hydrogen-bond donors (Lipinski definition) is 0. The van der Waals surface area contributed by atoms with Gasteiger partial charge in [0, 0.05) is 0 Å². The van der Waals surface area contributed by atoms with Crippen molar-refractivity contribution in [3.8, 4) is 0 Å². The van der Waals surface area contributed by atoms with Gasteiger partial charge in [-0.3, -0.25) is 0 Å². The Balaban J connectivity index is 3.46. The summed E-state index contributed by atoms with van der Waals surface area (Å²) in [7, 11) is 0. The zero-order valence-electron chi connectivity index (χ0n) is 6.83. The molecule has 0 spiro atoms. The fourth-order valence-electron chi connectivity index (χ4n) is 0.313. The Morgan fingerprint density at radius 3 is 2.75 bits per heavy atom. The molecule has 1 aromatic rings. The molecule has 0 unspecified atom stereocenters. The fraction of sp³-hybridized carbons (Fsp3) is 0. The van der Waals surface area contributed by atoms with E-state index in [1.54, 1.807) is 0 Å². The predicted octanol–water partition coefficient (Wildman–Crippen LogP) is 2.99. The summed E-state index contributed by atoms with van der Waals surface area (Å²) in [5.74, 6) is 0. The van der Waals surface area contributed by atoms with Gasteiger partial charge in [0.05, 0.1) is 14.2 Å². The average molecular weight is 150 g/mol. The molecule has 0 heterocycles. The predicted molar refractivity (Wildman–Crippen MR) is 36.5 cm³/mol. The maximum Gasteiger partial charge on any atom is 0.0639 e. The van der Waals surface area contributed by atoms with E-state index in [0.717, 1.165) is 0 Å². The molecule has 0 N–H and O–H groups in total. The average Bonchev–Trinajstić information content (AvgIpc) is 1.97. The standard InChI is InChI=1S/C6H4Cl2/c7-5-3-1-2-4-6(5)8/h1-4H/i1D,2D,3D. The van der Waals surface area contributed by atoms with Gasteiger partial charge in [-0.2, -0.15) is 0 Å². The minimum Gasteiger partial charge on any atom is -0.0827 e. The summed E-state index contributed by atoms with van der Waals surface area (Å²) >= 11 is 11.1. The molecule has 0 atom stereocenters. The Hall–Kier alpha value is -0.200. The van der Waals surface area contributed by atoms with E-state index in [1.165, 1.54) is 6.07 Å². The highest BCUT2D eigenvalue weighted by Gasteiger charge is 1.89. The lowest BCUT2D eigenvalue weighted by Crippen LogP contribution is -1.62. The molecule has 0 radical (unpaired) electrons. The van der Waals surface area contributed by atoms with Gasteiger partial charge in [0.2, 0.25) is 0 Å². The van der Waals surface area contributed by atoms with E-state index in [0.29, 0.717) is 0 Å². The first-order chi connectivity index (χ1) is 5.04. The van der Waals surface area contributed by atoms with Crippen LogP contribution in [0.1, 0.15) is 4.11 Å². The first-order valence-electron chi connectivity index (χ1n) is 3.46. The molecule has 0 amide bonds. The fourth-order valence-corrected chi connectivity index (χ4v) is 0.517. The molecule has 0 aliphatic heterocycles. The number of rotatable bonds is 0. The molecule has 0 bridgehead atoms. The quantitative estimate of drug-likeness (QED) is 0.533. The van der Waals surface area contributed by atoms with Crippen molar-refractivity contribution in [2.24, 2.45) is 0 Å². The van der Waals surface area contributed by atoms with Crippen molar-refractivity contribution in [3.63, 3.8) is 0 Å². The second-order valence-electron chi connectivity index (χ2n) is 1.20. The van der Waals surface area contributed by atoms with Gasteiger partial charge in [-0.05, 0) is 12.1 Å². The largest absolute Gasteiger partial charge is 0.0827 e. The maximum atomic E-state index is 7.20. The monoisotopic (exact) mass is 149 g/mol. The van der Waals surface area contributed by atoms with Crippen molar-refractivity contribution in [2.45, 2.75) is 0 Å². The van der Waals surface area contributed by atoms with Crippen LogP contribution in [-0.2, 0) is 0 Å². The van der Waals surface area contributed by atoms with Crippen LogP contribution in [-0.4, -0.2) is 0 Å². The van der Waals surface area contributed by atoms with Gasteiger partial charge < -0.3 is 0 Å². The van der Waals surface area contributed by atoms with Crippen molar-refractivity contribution in [1.29, 1.82) is 0 Å². The molecule has 0 aromatic heterocycles. The molecule has 1 aromatic carbocycles. The SMILES string of the molecule is [2H]c1cc(Cl)c(Cl)c([2H])c1[2H]. The summed E-state index contributed by atoms with van der Waals surface area (Å²) in [4.78, 5) is 0. The Bertz CT molecular complexity index is 272. The summed E-state index contributed by atoms with van der Waals surface area (Å²) in [6.45, 7) is 0. The molecular formula is C6H4Cl2. The Morgan fingerprint density at radius 1 is 1.25 bits per heavy atom. The van der Waals surface area contributed by atoms with Crippen LogP contribution in [0, 0.1) is 0 Å². The van der Waals surface area contributed by atoms with E-state index < -0.39 is 0 Å². The topological polar surface area (TPSA) is 0 Å². The van der Waals surface area contributed by atoms with E-state index in [4.69, 9.17) is 27.3 Å². The molecule has 0 saturated carbocycles. The Morgan fingerprint density at radius 2 is 2.00 bits per heavy atom. The molecule has 8 heavy (non-hydrogen) atoms. The molecule has 0 nitrogen and oxygen atoms in total. The molecule has 0 saturated heterocycles. The highest BCUT2D eigenvalue weighted by molar-refractivity contribution is 6.41. The Labute approximate surface area is 62.3 Å². The Kier molecular flexibility index (Phi) is 0.921. The van der Waals surface area contributed by atoms with Crippen LogP contribution in [0.2, 0.25) is 10.0 Å². The molecule has 0 aliphatic carbocycles. The highest BCUT2D eigenvalue weighted by Crippen LogP contribution is 2.19. The molecule has 42 valence electrons. The molecule has 0 fully saturated rings. The third-order valence-electron chi connectivity index (χ3n) is 0.653. The van der Waals surface area contributed by atoms with Gasteiger partial charge in [0.25, 0.3) is 0 Å². The third-order valence-corrected chi connectivity index (χ3v) is 1.35. The minimum atomic E-state index is -0.195. The molecule has 0 aliphatic rings. The van der Waals surface area contributed by atoms with Crippen molar-refractivity contribution < 1.29 is 4.11 Å². The number of benzene rings is 1. The molecule has 2 heteroatoms. The van der Waals surface area contributed by atoms with Crippen molar-refractivity contribution >= 4 is 23.2 Å². The van der Waals surface area contributed by atoms with Gasteiger partial charge in [-0.1, -0.05) is 35.3 Å². The van der Waals surface area contributed by atoms with E-state index in [2.05, 4.69) is 0 Å². The lowest BCUT2D eigenvalue weighted by Gasteiger charge is -1.88. The van der Waals surface area contributed by atoms with Crippen LogP contribution in [0.25, 0.3) is 0 Å². The first kappa shape index (κ1) is 3.09. The summed E-state index contributed by atoms with van der Waals surface area (Å²) < 4.78 is 21.5. The van der Waals surface area contributed by atoms with Crippen LogP contribution in [0.15, 0.2) is 24.2 Å². The van der Waals surface area contributed by atoms with Gasteiger partial charge in [-0.15, -0.1) is 0 Å². The van der Waals surface area contributed by atoms with Gasteiger partial charge in [-0.25, -0.2) is 0 Å². The number of hydrogen-bond acceptors (Lipinski definition) is 0. The third kappa shape index (κ3) is 1.15. The smallest absolute Gasteiger partial charge is 0.0639 e. The van der Waals surface area contributed by atoms with E-state index in [-0.39, 0.29) is 28.2 Å². The van der Waals surface area contributed by atoms with Crippen LogP contribution in [0.4, 0.5) is 0 Å². The second kappa shape index (κ2) is 2.38. The normalized spacial score (nSPS) is 14.5. The first-order valence-corrected chi connectivity index (χ1v) is 2.71. The number of halogens is 2. The summed E-state index contributed by atoms with van der Waals surface area (Å²) in [6.07, 6.45) is 0. The van der Waals surface area contributed by atoms with E-state index in [1.807, 2.05) is 0 Å². The van der Waals surface area contributed by atoms with Gasteiger partial charge >= 0.3 is 0 Å². The van der Waals surface area contributed by atoms with Crippen molar-refractivity contribution in [1.82, 2.24) is 0 Å². The zero-order chi connectivity index (χ0) is 8.59. The van der Waals surface area contributed by atoms with Gasteiger partial charge in [0.15, 0.2) is 0 Å². The van der Waals surface area contributed by atoms with Crippen LogP contribution < -0.4 is 0 Å². The molecule has 1 rings (SSSR count). The van der Waals surface area contributed by atoms with Crippen molar-refractivity contribution in [3.05, 3.63) is 34.2 Å². The van der Waals surface area contributed by atoms with Crippen LogP contribution >= 0.6 is 23.2 Å². The second-order valence-corrected chi connectivity index (χ2v) is 1.99. The summed E-state index contributed by atoms with van der Waals surface area (Å²) in [6, 6.07) is 0.789. The maximum absolute atomic E-state index is 7.20. The van der Waals surface area contributed by atoms with E-state index >= 15 is 0 Å². The lowest BCUT2D eigenvalue weighted by atomic mass is 10.4. The van der Waals surface area contributed by atoms with Gasteiger partial charge in [0.1, 0.15) is 0 Å². The van der Waals surface area contributed by atoms with E-state index in [9.17, 15) is 0 Å². The lowest BCUT2D eigenvalue weighted by molar-refractivity contribution is 1.71. The zero-order valence-corrected chi connectivity index (χ0v) is 5.35. The molecular weight excluding hydrogens is 143 g/mol. The minimum absolute atomic E-state index is 0.0349. The van der Waals surface area contributed by atoms with Crippen LogP contribution in [0.5, 0.6) is 0 Å². The summed E-state index contributed by atoms with van der Waals surface area (Å²) in [5, 5.41) is 0.185.